The first-order chi connectivity index (χ1) is 7.63. The summed E-state index contributed by atoms with van der Waals surface area (Å²) in [6.45, 7) is 0. The number of ether oxygens (including phenoxy) is 1. The fourth-order valence-corrected chi connectivity index (χ4v) is 1.90. The minimum absolute atomic E-state index is 0.187. The largest absolute Gasteiger partial charge is 0.496 e. The van der Waals surface area contributed by atoms with Crippen LogP contribution in [0.4, 0.5) is 0 Å². The molecule has 0 spiro atoms. The molecule has 0 aliphatic rings. The third-order valence-electron chi connectivity index (χ3n) is 2.36. The first-order valence-corrected chi connectivity index (χ1v) is 5.01. The monoisotopic (exact) mass is 236 g/mol. The van der Waals surface area contributed by atoms with E-state index in [1.807, 2.05) is 0 Å². The molecule has 2 aromatic rings. The van der Waals surface area contributed by atoms with Crippen molar-refractivity contribution in [3.63, 3.8) is 0 Å². The van der Waals surface area contributed by atoms with Crippen LogP contribution in [-0.4, -0.2) is 18.2 Å². The van der Waals surface area contributed by atoms with Crippen molar-refractivity contribution in [2.45, 2.75) is 0 Å². The molecule has 0 heterocycles. The van der Waals surface area contributed by atoms with Crippen LogP contribution in [0.1, 0.15) is 10.4 Å². The van der Waals surface area contributed by atoms with E-state index in [9.17, 15) is 4.79 Å². The Kier molecular flexibility index (Phi) is 2.71. The molecule has 0 fully saturated rings. The van der Waals surface area contributed by atoms with Crippen LogP contribution in [0.25, 0.3) is 10.8 Å². The number of halogens is 1. The summed E-state index contributed by atoms with van der Waals surface area (Å²) in [6.07, 6.45) is 0. The Bertz CT molecular complexity index is 563. The van der Waals surface area contributed by atoms with E-state index in [4.69, 9.17) is 21.4 Å². The lowest BCUT2D eigenvalue weighted by molar-refractivity contribution is 0.0696. The Morgan fingerprint density at radius 1 is 1.38 bits per heavy atom. The molecule has 2 rings (SSSR count). The number of aromatic carboxylic acids is 1. The Hall–Kier alpha value is -1.74. The van der Waals surface area contributed by atoms with Gasteiger partial charge in [-0.2, -0.15) is 0 Å². The molecule has 0 saturated heterocycles. The summed E-state index contributed by atoms with van der Waals surface area (Å²) < 4.78 is 5.15. The van der Waals surface area contributed by atoms with Crippen molar-refractivity contribution in [2.75, 3.05) is 7.11 Å². The number of fused-ring (bicyclic) bond motifs is 1. The smallest absolute Gasteiger partial charge is 0.335 e. The number of methoxy groups -OCH3 is 1. The molecular formula is C12H9ClO3. The SMILES string of the molecule is COc1cc(C(=O)O)cc2cccc(Cl)c12. The molecule has 82 valence electrons. The topological polar surface area (TPSA) is 46.5 Å². The van der Waals surface area contributed by atoms with Crippen LogP contribution in [0, 0.1) is 0 Å². The van der Waals surface area contributed by atoms with E-state index in [2.05, 4.69) is 0 Å². The first kappa shape index (κ1) is 10.8. The minimum atomic E-state index is -0.986. The molecule has 16 heavy (non-hydrogen) atoms. The maximum atomic E-state index is 10.9. The fourth-order valence-electron chi connectivity index (χ4n) is 1.63. The Balaban J connectivity index is 2.84. The molecule has 0 saturated carbocycles. The van der Waals surface area contributed by atoms with Crippen molar-refractivity contribution < 1.29 is 14.6 Å². The Morgan fingerprint density at radius 3 is 2.75 bits per heavy atom. The van der Waals surface area contributed by atoms with Gasteiger partial charge >= 0.3 is 5.97 Å². The summed E-state index contributed by atoms with van der Waals surface area (Å²) in [5, 5.41) is 11.0. The predicted octanol–water partition coefficient (Wildman–Crippen LogP) is 3.20. The molecule has 0 aliphatic heterocycles. The Morgan fingerprint density at radius 2 is 2.12 bits per heavy atom. The molecular weight excluding hydrogens is 228 g/mol. The second-order valence-electron chi connectivity index (χ2n) is 3.32. The zero-order valence-electron chi connectivity index (χ0n) is 8.53. The summed E-state index contributed by atoms with van der Waals surface area (Å²) in [6, 6.07) is 8.36. The van der Waals surface area contributed by atoms with Crippen LogP contribution in [0.2, 0.25) is 5.02 Å². The number of carboxylic acid groups (broad SMARTS) is 1. The molecule has 0 bridgehead atoms. The van der Waals surface area contributed by atoms with Crippen LogP contribution in [0.5, 0.6) is 5.75 Å². The lowest BCUT2D eigenvalue weighted by atomic mass is 10.1. The standard InChI is InChI=1S/C12H9ClO3/c1-16-10-6-8(12(14)15)5-7-3-2-4-9(13)11(7)10/h2-6H,1H3,(H,14,15). The van der Waals surface area contributed by atoms with Gasteiger partial charge in [0.05, 0.1) is 17.7 Å². The molecule has 1 N–H and O–H groups in total. The molecule has 0 aromatic heterocycles. The van der Waals surface area contributed by atoms with Gasteiger partial charge in [0.15, 0.2) is 0 Å². The third kappa shape index (κ3) is 1.70. The quantitative estimate of drug-likeness (QED) is 0.871. The second kappa shape index (κ2) is 4.02. The van der Waals surface area contributed by atoms with Crippen molar-refractivity contribution in [3.8, 4) is 5.75 Å². The molecule has 0 unspecified atom stereocenters. The summed E-state index contributed by atoms with van der Waals surface area (Å²) >= 11 is 6.05. The summed E-state index contributed by atoms with van der Waals surface area (Å²) in [4.78, 5) is 10.9. The van der Waals surface area contributed by atoms with Crippen LogP contribution >= 0.6 is 11.6 Å². The van der Waals surface area contributed by atoms with E-state index >= 15 is 0 Å². The highest BCUT2D eigenvalue weighted by molar-refractivity contribution is 6.36. The highest BCUT2D eigenvalue weighted by atomic mass is 35.5. The van der Waals surface area contributed by atoms with Crippen molar-refractivity contribution in [3.05, 3.63) is 40.9 Å². The summed E-state index contributed by atoms with van der Waals surface area (Å²) in [7, 11) is 1.49. The zero-order valence-corrected chi connectivity index (χ0v) is 9.28. The fraction of sp³-hybridized carbons (Fsp3) is 0.0833. The van der Waals surface area contributed by atoms with E-state index in [0.717, 1.165) is 10.8 Å². The molecule has 3 nitrogen and oxygen atoms in total. The number of hydrogen-bond donors (Lipinski definition) is 1. The van der Waals surface area contributed by atoms with Gasteiger partial charge in [0.2, 0.25) is 0 Å². The van der Waals surface area contributed by atoms with Crippen molar-refractivity contribution in [2.24, 2.45) is 0 Å². The number of rotatable bonds is 2. The van der Waals surface area contributed by atoms with Crippen molar-refractivity contribution >= 4 is 28.3 Å². The Labute approximate surface area is 97.2 Å². The van der Waals surface area contributed by atoms with E-state index in [1.165, 1.54) is 13.2 Å². The van der Waals surface area contributed by atoms with Gasteiger partial charge in [0.25, 0.3) is 0 Å². The van der Waals surface area contributed by atoms with Crippen LogP contribution in [0.3, 0.4) is 0 Å². The van der Waals surface area contributed by atoms with Gasteiger partial charge in [-0.3, -0.25) is 0 Å². The van der Waals surface area contributed by atoms with Gasteiger partial charge < -0.3 is 9.84 Å². The predicted molar refractivity (Wildman–Crippen MR) is 62.5 cm³/mol. The van der Waals surface area contributed by atoms with Gasteiger partial charge in [0, 0.05) is 5.39 Å². The highest BCUT2D eigenvalue weighted by Crippen LogP contribution is 2.33. The van der Waals surface area contributed by atoms with Crippen LogP contribution < -0.4 is 4.74 Å². The van der Waals surface area contributed by atoms with E-state index < -0.39 is 5.97 Å². The highest BCUT2D eigenvalue weighted by Gasteiger charge is 2.11. The summed E-state index contributed by atoms with van der Waals surface area (Å²) in [5.41, 5.74) is 0.187. The number of benzene rings is 2. The van der Waals surface area contributed by atoms with E-state index in [0.29, 0.717) is 10.8 Å². The van der Waals surface area contributed by atoms with Gasteiger partial charge in [-0.05, 0) is 23.6 Å². The molecule has 0 amide bonds. The normalized spacial score (nSPS) is 10.4. The number of carbonyl (C=O) groups is 1. The summed E-state index contributed by atoms with van der Waals surface area (Å²) in [5.74, 6) is -0.513. The van der Waals surface area contributed by atoms with Crippen LogP contribution in [0.15, 0.2) is 30.3 Å². The van der Waals surface area contributed by atoms with Crippen molar-refractivity contribution in [1.82, 2.24) is 0 Å². The van der Waals surface area contributed by atoms with Crippen molar-refractivity contribution in [1.29, 1.82) is 0 Å². The molecule has 2 aromatic carbocycles. The van der Waals surface area contributed by atoms with Gasteiger partial charge in [-0.25, -0.2) is 4.79 Å². The molecule has 0 radical (unpaired) electrons. The average molecular weight is 237 g/mol. The lowest BCUT2D eigenvalue weighted by Gasteiger charge is -2.08. The lowest BCUT2D eigenvalue weighted by Crippen LogP contribution is -1.97. The maximum Gasteiger partial charge on any atom is 0.335 e. The maximum absolute atomic E-state index is 10.9. The number of hydrogen-bond acceptors (Lipinski definition) is 2. The second-order valence-corrected chi connectivity index (χ2v) is 3.73. The average Bonchev–Trinajstić information content (AvgIpc) is 2.27. The van der Waals surface area contributed by atoms with E-state index in [-0.39, 0.29) is 5.56 Å². The third-order valence-corrected chi connectivity index (χ3v) is 2.67. The van der Waals surface area contributed by atoms with Gasteiger partial charge in [0.1, 0.15) is 5.75 Å². The van der Waals surface area contributed by atoms with Gasteiger partial charge in [-0.1, -0.05) is 23.7 Å². The van der Waals surface area contributed by atoms with Gasteiger partial charge in [-0.15, -0.1) is 0 Å². The van der Waals surface area contributed by atoms with E-state index in [1.54, 1.807) is 24.3 Å². The van der Waals surface area contributed by atoms with Crippen LogP contribution in [-0.2, 0) is 0 Å². The zero-order chi connectivity index (χ0) is 11.7. The first-order valence-electron chi connectivity index (χ1n) is 4.63. The number of carboxylic acids is 1. The molecule has 0 aliphatic carbocycles. The molecule has 0 atom stereocenters. The molecule has 4 heteroatoms. The minimum Gasteiger partial charge on any atom is -0.496 e.